The van der Waals surface area contributed by atoms with Crippen LogP contribution in [0.25, 0.3) is 0 Å². The number of rotatable bonds is 6. The molecule has 9 nitrogen and oxygen atoms in total. The zero-order valence-electron chi connectivity index (χ0n) is 13.5. The van der Waals surface area contributed by atoms with Crippen molar-refractivity contribution in [2.24, 2.45) is 5.73 Å². The molecule has 1 aromatic carbocycles. The molecule has 0 bridgehead atoms. The van der Waals surface area contributed by atoms with Crippen LogP contribution in [0.15, 0.2) is 23.1 Å². The highest BCUT2D eigenvalue weighted by Gasteiger charge is 2.21. The van der Waals surface area contributed by atoms with Crippen LogP contribution >= 0.6 is 0 Å². The maximum atomic E-state index is 12.1. The van der Waals surface area contributed by atoms with Crippen LogP contribution in [-0.4, -0.2) is 39.0 Å². The van der Waals surface area contributed by atoms with E-state index in [1.165, 1.54) is 19.1 Å². The highest BCUT2D eigenvalue weighted by molar-refractivity contribution is 7.89. The lowest BCUT2D eigenvalue weighted by molar-refractivity contribution is -0.153. The number of benzene rings is 1. The Balaban J connectivity index is 2.64. The van der Waals surface area contributed by atoms with Crippen molar-refractivity contribution < 1.29 is 27.5 Å². The second kappa shape index (κ2) is 7.88. The van der Waals surface area contributed by atoms with Crippen LogP contribution in [0.1, 0.15) is 18.1 Å². The molecule has 0 saturated heterocycles. The van der Waals surface area contributed by atoms with Crippen LogP contribution in [0.4, 0.5) is 4.79 Å². The Morgan fingerprint density at radius 3 is 2.38 bits per heavy atom. The van der Waals surface area contributed by atoms with Crippen LogP contribution < -0.4 is 15.8 Å². The van der Waals surface area contributed by atoms with Gasteiger partial charge in [-0.15, -0.1) is 0 Å². The Hall–Kier alpha value is -2.46. The van der Waals surface area contributed by atoms with Gasteiger partial charge in [0.05, 0.1) is 4.90 Å². The molecule has 0 saturated carbocycles. The Labute approximate surface area is 139 Å². The molecule has 1 unspecified atom stereocenters. The number of sulfonamides is 1. The van der Waals surface area contributed by atoms with Crippen molar-refractivity contribution in [3.8, 4) is 0 Å². The van der Waals surface area contributed by atoms with E-state index in [0.29, 0.717) is 0 Å². The molecular formula is C14H19N3O6S. The highest BCUT2D eigenvalue weighted by Crippen LogP contribution is 2.14. The number of amides is 3. The van der Waals surface area contributed by atoms with E-state index in [2.05, 4.69) is 4.72 Å². The zero-order chi connectivity index (χ0) is 18.5. The van der Waals surface area contributed by atoms with Crippen LogP contribution in [0.3, 0.4) is 0 Å². The minimum Gasteiger partial charge on any atom is -0.452 e. The molecule has 0 radical (unpaired) electrons. The van der Waals surface area contributed by atoms with Crippen molar-refractivity contribution in [2.75, 3.05) is 6.54 Å². The van der Waals surface area contributed by atoms with Gasteiger partial charge in [0.2, 0.25) is 10.0 Å². The maximum Gasteiger partial charge on any atom is 0.321 e. The second-order valence-electron chi connectivity index (χ2n) is 5.06. The van der Waals surface area contributed by atoms with Gasteiger partial charge < -0.3 is 10.5 Å². The van der Waals surface area contributed by atoms with Crippen LogP contribution in [0.2, 0.25) is 0 Å². The number of ether oxygens (including phenoxy) is 1. The third-order valence-corrected chi connectivity index (χ3v) is 4.52. The van der Waals surface area contributed by atoms with Crippen LogP contribution in [0.5, 0.6) is 0 Å². The summed E-state index contributed by atoms with van der Waals surface area (Å²) in [5, 5.41) is 1.74. The summed E-state index contributed by atoms with van der Waals surface area (Å²) in [7, 11) is -3.90. The molecule has 1 aromatic rings. The molecule has 3 amide bonds. The molecule has 0 heterocycles. The van der Waals surface area contributed by atoms with E-state index in [9.17, 15) is 22.8 Å². The van der Waals surface area contributed by atoms with Crippen molar-refractivity contribution in [3.05, 3.63) is 29.3 Å². The first-order valence-electron chi connectivity index (χ1n) is 6.89. The fourth-order valence-corrected chi connectivity index (χ4v) is 2.69. The Bertz CT molecular complexity index is 760. The van der Waals surface area contributed by atoms with Gasteiger partial charge in [0.15, 0.2) is 6.10 Å². The molecule has 0 aromatic heterocycles. The molecule has 1 rings (SSSR count). The summed E-state index contributed by atoms with van der Waals surface area (Å²) in [5.74, 6) is -1.89. The fourth-order valence-electron chi connectivity index (χ4n) is 1.63. The summed E-state index contributed by atoms with van der Waals surface area (Å²) in [4.78, 5) is 33.5. The normalized spacial score (nSPS) is 12.3. The van der Waals surface area contributed by atoms with Crippen LogP contribution in [-0.2, 0) is 24.3 Å². The second-order valence-corrected chi connectivity index (χ2v) is 6.82. The van der Waals surface area contributed by atoms with Gasteiger partial charge in [-0.05, 0) is 44.0 Å². The van der Waals surface area contributed by atoms with E-state index in [-0.39, 0.29) is 4.90 Å². The number of nitrogens with one attached hydrogen (secondary N) is 2. The predicted octanol–water partition coefficient (Wildman–Crippen LogP) is -0.292. The molecular weight excluding hydrogens is 338 g/mol. The molecule has 0 spiro atoms. The lowest BCUT2D eigenvalue weighted by Crippen LogP contribution is -2.43. The number of hydrogen-bond acceptors (Lipinski definition) is 6. The summed E-state index contributed by atoms with van der Waals surface area (Å²) in [5.41, 5.74) is 6.48. The summed E-state index contributed by atoms with van der Waals surface area (Å²) in [6.07, 6.45) is -1.30. The molecule has 0 fully saturated rings. The van der Waals surface area contributed by atoms with Gasteiger partial charge in [0, 0.05) is 0 Å². The van der Waals surface area contributed by atoms with Crippen LogP contribution in [0, 0.1) is 13.8 Å². The van der Waals surface area contributed by atoms with Gasteiger partial charge in [-0.2, -0.15) is 4.72 Å². The average molecular weight is 357 g/mol. The number of carbonyl (C=O) groups is 3. The molecule has 132 valence electrons. The average Bonchev–Trinajstić information content (AvgIpc) is 2.47. The van der Waals surface area contributed by atoms with E-state index in [0.717, 1.165) is 11.1 Å². The lowest BCUT2D eigenvalue weighted by Gasteiger charge is -2.13. The van der Waals surface area contributed by atoms with E-state index in [4.69, 9.17) is 10.5 Å². The van der Waals surface area contributed by atoms with E-state index < -0.39 is 40.6 Å². The molecule has 24 heavy (non-hydrogen) atoms. The number of imide groups is 1. The molecule has 1 atom stereocenters. The fraction of sp³-hybridized carbons (Fsp3) is 0.357. The first kappa shape index (κ1) is 19.6. The van der Waals surface area contributed by atoms with E-state index >= 15 is 0 Å². The summed E-state index contributed by atoms with van der Waals surface area (Å²) >= 11 is 0. The number of urea groups is 1. The van der Waals surface area contributed by atoms with Crippen molar-refractivity contribution in [1.82, 2.24) is 10.0 Å². The smallest absolute Gasteiger partial charge is 0.321 e. The third kappa shape index (κ3) is 5.63. The minimum absolute atomic E-state index is 0.0120. The topological polar surface area (TPSA) is 145 Å². The maximum absolute atomic E-state index is 12.1. The minimum atomic E-state index is -3.90. The first-order valence-corrected chi connectivity index (χ1v) is 8.38. The molecule has 0 aliphatic carbocycles. The number of primary amides is 1. The SMILES string of the molecule is Cc1ccc(S(=O)(=O)NCC(=O)OC(C)C(=O)NC(N)=O)cc1C. The number of aryl methyl sites for hydroxylation is 2. The van der Waals surface area contributed by atoms with Crippen molar-refractivity contribution in [2.45, 2.75) is 31.8 Å². The Kier molecular flexibility index (Phi) is 6.43. The van der Waals surface area contributed by atoms with Gasteiger partial charge in [-0.1, -0.05) is 6.07 Å². The lowest BCUT2D eigenvalue weighted by atomic mass is 10.1. The predicted molar refractivity (Wildman–Crippen MR) is 84.4 cm³/mol. The van der Waals surface area contributed by atoms with Gasteiger partial charge in [0.25, 0.3) is 5.91 Å². The van der Waals surface area contributed by atoms with Crippen molar-refractivity contribution in [1.29, 1.82) is 0 Å². The quantitative estimate of drug-likeness (QED) is 0.597. The molecule has 10 heteroatoms. The van der Waals surface area contributed by atoms with Gasteiger partial charge in [-0.25, -0.2) is 13.2 Å². The van der Waals surface area contributed by atoms with Crippen molar-refractivity contribution >= 4 is 27.9 Å². The molecule has 4 N–H and O–H groups in total. The number of hydrogen-bond donors (Lipinski definition) is 3. The van der Waals surface area contributed by atoms with Gasteiger partial charge >= 0.3 is 12.0 Å². The van der Waals surface area contributed by atoms with Gasteiger partial charge in [0.1, 0.15) is 6.54 Å². The third-order valence-electron chi connectivity index (χ3n) is 3.12. The summed E-state index contributed by atoms with van der Waals surface area (Å²) in [6, 6.07) is 3.46. The largest absolute Gasteiger partial charge is 0.452 e. The number of carbonyl (C=O) groups excluding carboxylic acids is 3. The summed E-state index contributed by atoms with van der Waals surface area (Å²) < 4.78 is 31.0. The van der Waals surface area contributed by atoms with E-state index in [1.807, 2.05) is 6.92 Å². The molecule has 0 aliphatic heterocycles. The monoisotopic (exact) mass is 357 g/mol. The Morgan fingerprint density at radius 1 is 1.21 bits per heavy atom. The van der Waals surface area contributed by atoms with Gasteiger partial charge in [-0.3, -0.25) is 14.9 Å². The zero-order valence-corrected chi connectivity index (χ0v) is 14.3. The van der Waals surface area contributed by atoms with Crippen molar-refractivity contribution in [3.63, 3.8) is 0 Å². The highest BCUT2D eigenvalue weighted by atomic mass is 32.2. The first-order chi connectivity index (χ1) is 11.0. The summed E-state index contributed by atoms with van der Waals surface area (Å²) in [6.45, 7) is 4.16. The Morgan fingerprint density at radius 2 is 1.83 bits per heavy atom. The number of nitrogens with two attached hydrogens (primary N) is 1. The van der Waals surface area contributed by atoms with E-state index in [1.54, 1.807) is 18.3 Å². The number of esters is 1. The molecule has 0 aliphatic rings. The standard InChI is InChI=1S/C14H19N3O6S/c1-8-4-5-11(6-9(8)2)24(21,22)16-7-12(18)23-10(3)13(19)17-14(15)20/h4-6,10,16H,7H2,1-3H3,(H3,15,17,19,20).